The Hall–Kier alpha value is -2.70. The first-order valence-electron chi connectivity index (χ1n) is 6.59. The summed E-state index contributed by atoms with van der Waals surface area (Å²) in [5.41, 5.74) is 6.38. The number of rotatable bonds is 1. The Morgan fingerprint density at radius 1 is 1.33 bits per heavy atom. The molecule has 0 radical (unpaired) electrons. The van der Waals surface area contributed by atoms with Gasteiger partial charge in [-0.2, -0.15) is 0 Å². The minimum atomic E-state index is -0.714. The van der Waals surface area contributed by atoms with Crippen molar-refractivity contribution in [1.82, 2.24) is 14.9 Å². The molecule has 0 spiro atoms. The van der Waals surface area contributed by atoms with Gasteiger partial charge in [0.1, 0.15) is 11.9 Å². The van der Waals surface area contributed by atoms with Gasteiger partial charge in [0.2, 0.25) is 11.8 Å². The Morgan fingerprint density at radius 2 is 2.10 bits per heavy atom. The zero-order valence-corrected chi connectivity index (χ0v) is 11.4. The first kappa shape index (κ1) is 13.3. The SMILES string of the molecule is Cc1nc2ccc(N)cc2c(=O)n1[C@@H]1CCC(=O)NC1=O. The fourth-order valence-corrected chi connectivity index (χ4v) is 2.62. The summed E-state index contributed by atoms with van der Waals surface area (Å²) in [7, 11) is 0. The summed E-state index contributed by atoms with van der Waals surface area (Å²) in [6, 6.07) is 4.18. The molecule has 0 aliphatic carbocycles. The van der Waals surface area contributed by atoms with Gasteiger partial charge in [-0.05, 0) is 31.5 Å². The highest BCUT2D eigenvalue weighted by Gasteiger charge is 2.30. The number of imide groups is 1. The molecule has 108 valence electrons. The van der Waals surface area contributed by atoms with E-state index in [1.165, 1.54) is 4.57 Å². The second-order valence-electron chi connectivity index (χ2n) is 5.08. The van der Waals surface area contributed by atoms with Gasteiger partial charge in [-0.1, -0.05) is 0 Å². The Kier molecular flexibility index (Phi) is 2.97. The maximum Gasteiger partial charge on any atom is 0.262 e. The lowest BCUT2D eigenvalue weighted by Gasteiger charge is -2.24. The minimum Gasteiger partial charge on any atom is -0.399 e. The van der Waals surface area contributed by atoms with Gasteiger partial charge < -0.3 is 5.73 Å². The Labute approximate surface area is 119 Å². The summed E-state index contributed by atoms with van der Waals surface area (Å²) < 4.78 is 1.34. The Bertz CT molecular complexity index is 825. The highest BCUT2D eigenvalue weighted by Crippen LogP contribution is 2.20. The number of benzene rings is 1. The largest absolute Gasteiger partial charge is 0.399 e. The molecular formula is C14H14N4O3. The van der Waals surface area contributed by atoms with Crippen LogP contribution < -0.4 is 16.6 Å². The number of nitrogens with one attached hydrogen (secondary N) is 1. The number of nitrogens with two attached hydrogens (primary N) is 1. The third-order valence-electron chi connectivity index (χ3n) is 3.62. The van der Waals surface area contributed by atoms with Gasteiger partial charge in [-0.15, -0.1) is 0 Å². The molecule has 7 heteroatoms. The Morgan fingerprint density at radius 3 is 2.81 bits per heavy atom. The zero-order valence-electron chi connectivity index (χ0n) is 11.4. The second-order valence-corrected chi connectivity index (χ2v) is 5.08. The molecule has 0 saturated carbocycles. The number of amides is 2. The van der Waals surface area contributed by atoms with Gasteiger partial charge in [0.05, 0.1) is 10.9 Å². The predicted molar refractivity (Wildman–Crippen MR) is 76.6 cm³/mol. The molecule has 1 aromatic carbocycles. The number of aryl methyl sites for hydroxylation is 1. The number of hydrogen-bond acceptors (Lipinski definition) is 5. The van der Waals surface area contributed by atoms with Crippen molar-refractivity contribution in [2.75, 3.05) is 5.73 Å². The first-order valence-corrected chi connectivity index (χ1v) is 6.59. The maximum absolute atomic E-state index is 12.6. The molecule has 1 fully saturated rings. The summed E-state index contributed by atoms with van der Waals surface area (Å²) in [5.74, 6) is -0.354. The van der Waals surface area contributed by atoms with Gasteiger partial charge in [0.25, 0.3) is 5.56 Å². The van der Waals surface area contributed by atoms with Gasteiger partial charge in [0, 0.05) is 12.1 Å². The number of piperidine rings is 1. The zero-order chi connectivity index (χ0) is 15.1. The summed E-state index contributed by atoms with van der Waals surface area (Å²) in [5, 5.41) is 2.62. The van der Waals surface area contributed by atoms with E-state index in [9.17, 15) is 14.4 Å². The fraction of sp³-hybridized carbons (Fsp3) is 0.286. The smallest absolute Gasteiger partial charge is 0.262 e. The molecule has 0 bridgehead atoms. The third-order valence-corrected chi connectivity index (χ3v) is 3.62. The van der Waals surface area contributed by atoms with E-state index < -0.39 is 11.9 Å². The van der Waals surface area contributed by atoms with E-state index in [1.54, 1.807) is 25.1 Å². The van der Waals surface area contributed by atoms with E-state index in [2.05, 4.69) is 10.3 Å². The second kappa shape index (κ2) is 4.69. The highest BCUT2D eigenvalue weighted by molar-refractivity contribution is 5.99. The summed E-state index contributed by atoms with van der Waals surface area (Å²) in [4.78, 5) is 40.2. The van der Waals surface area contributed by atoms with Crippen molar-refractivity contribution in [2.45, 2.75) is 25.8 Å². The molecule has 1 atom stereocenters. The quantitative estimate of drug-likeness (QED) is 0.578. The van der Waals surface area contributed by atoms with Crippen molar-refractivity contribution in [3.8, 4) is 0 Å². The number of fused-ring (bicyclic) bond motifs is 1. The van der Waals surface area contributed by atoms with Crippen LogP contribution in [0.15, 0.2) is 23.0 Å². The fourth-order valence-electron chi connectivity index (χ4n) is 2.62. The molecule has 3 rings (SSSR count). The molecule has 1 aliphatic rings. The molecule has 1 saturated heterocycles. The third kappa shape index (κ3) is 2.16. The average molecular weight is 286 g/mol. The van der Waals surface area contributed by atoms with E-state index in [1.807, 2.05) is 0 Å². The van der Waals surface area contributed by atoms with Crippen LogP contribution >= 0.6 is 0 Å². The average Bonchev–Trinajstić information content (AvgIpc) is 2.42. The standard InChI is InChI=1S/C14H14N4O3/c1-7-16-10-3-2-8(15)6-9(10)14(21)18(7)11-4-5-12(19)17-13(11)20/h2-3,6,11H,4-5,15H2,1H3,(H,17,19,20)/t11-/m1/s1. The van der Waals surface area contributed by atoms with Crippen molar-refractivity contribution < 1.29 is 9.59 Å². The molecule has 2 aromatic rings. The van der Waals surface area contributed by atoms with E-state index >= 15 is 0 Å². The predicted octanol–water partition coefficient (Wildman–Crippen LogP) is 0.265. The summed E-state index contributed by atoms with van der Waals surface area (Å²) in [6.45, 7) is 1.67. The first-order chi connectivity index (χ1) is 9.97. The van der Waals surface area contributed by atoms with Crippen LogP contribution in [-0.2, 0) is 9.59 Å². The molecule has 2 heterocycles. The van der Waals surface area contributed by atoms with Gasteiger partial charge >= 0.3 is 0 Å². The molecule has 1 aromatic heterocycles. The van der Waals surface area contributed by atoms with Crippen LogP contribution in [0.4, 0.5) is 5.69 Å². The van der Waals surface area contributed by atoms with Crippen LogP contribution in [0.25, 0.3) is 10.9 Å². The van der Waals surface area contributed by atoms with Crippen LogP contribution in [0.3, 0.4) is 0 Å². The van der Waals surface area contributed by atoms with Crippen LogP contribution in [0, 0.1) is 6.92 Å². The molecule has 3 N–H and O–H groups in total. The number of carbonyl (C=O) groups excluding carboxylic acids is 2. The number of nitrogens with zero attached hydrogens (tertiary/aromatic N) is 2. The molecular weight excluding hydrogens is 272 g/mol. The topological polar surface area (TPSA) is 107 Å². The van der Waals surface area contributed by atoms with Crippen molar-refractivity contribution >= 4 is 28.4 Å². The van der Waals surface area contributed by atoms with Crippen LogP contribution in [0.1, 0.15) is 24.7 Å². The van der Waals surface area contributed by atoms with Gasteiger partial charge in [-0.3, -0.25) is 24.3 Å². The monoisotopic (exact) mass is 286 g/mol. The van der Waals surface area contributed by atoms with Gasteiger partial charge in [-0.25, -0.2) is 4.98 Å². The lowest BCUT2D eigenvalue weighted by Crippen LogP contribution is -2.45. The van der Waals surface area contributed by atoms with E-state index in [0.717, 1.165) is 0 Å². The van der Waals surface area contributed by atoms with E-state index in [4.69, 9.17) is 5.73 Å². The number of hydrogen-bond donors (Lipinski definition) is 2. The van der Waals surface area contributed by atoms with Crippen molar-refractivity contribution in [1.29, 1.82) is 0 Å². The van der Waals surface area contributed by atoms with Crippen molar-refractivity contribution in [3.63, 3.8) is 0 Å². The van der Waals surface area contributed by atoms with Crippen LogP contribution in [-0.4, -0.2) is 21.4 Å². The van der Waals surface area contributed by atoms with E-state index in [-0.39, 0.29) is 17.9 Å². The van der Waals surface area contributed by atoms with Crippen LogP contribution in [0.5, 0.6) is 0 Å². The van der Waals surface area contributed by atoms with E-state index in [0.29, 0.717) is 28.8 Å². The lowest BCUT2D eigenvalue weighted by molar-refractivity contribution is -0.135. The maximum atomic E-state index is 12.6. The molecule has 7 nitrogen and oxygen atoms in total. The summed E-state index contributed by atoms with van der Waals surface area (Å²) in [6.07, 6.45) is 0.498. The van der Waals surface area contributed by atoms with Crippen molar-refractivity contribution in [3.05, 3.63) is 34.4 Å². The molecule has 2 amide bonds. The molecule has 1 aliphatic heterocycles. The van der Waals surface area contributed by atoms with Crippen molar-refractivity contribution in [2.24, 2.45) is 0 Å². The van der Waals surface area contributed by atoms with Gasteiger partial charge in [0.15, 0.2) is 0 Å². The minimum absolute atomic E-state index is 0.206. The lowest BCUT2D eigenvalue weighted by atomic mass is 10.1. The molecule has 21 heavy (non-hydrogen) atoms. The number of nitrogen functional groups attached to an aromatic ring is 1. The normalized spacial score (nSPS) is 18.8. The summed E-state index contributed by atoms with van der Waals surface area (Å²) >= 11 is 0. The number of carbonyl (C=O) groups is 2. The Balaban J connectivity index is 2.21. The highest BCUT2D eigenvalue weighted by atomic mass is 16.2. The molecule has 0 unspecified atom stereocenters. The number of aromatic nitrogens is 2. The van der Waals surface area contributed by atoms with Crippen LogP contribution in [0.2, 0.25) is 0 Å². The number of anilines is 1.